The van der Waals surface area contributed by atoms with Gasteiger partial charge in [0.25, 0.3) is 11.6 Å². The smallest absolute Gasteiger partial charge is 0.270 e. The van der Waals surface area contributed by atoms with Crippen LogP contribution in [0.25, 0.3) is 0 Å². The Labute approximate surface area is 169 Å². The lowest BCUT2D eigenvalue weighted by atomic mass is 9.82. The number of carbonyl (C=O) groups is 2. The lowest BCUT2D eigenvalue weighted by molar-refractivity contribution is -0.384. The van der Waals surface area contributed by atoms with Gasteiger partial charge in [0.05, 0.1) is 4.92 Å². The third-order valence-corrected chi connectivity index (χ3v) is 5.40. The molecule has 1 aliphatic carbocycles. The Hall–Kier alpha value is -3.22. The molecule has 0 saturated heterocycles. The average Bonchev–Trinajstić information content (AvgIpc) is 2.75. The Morgan fingerprint density at radius 2 is 1.72 bits per heavy atom. The number of non-ortho nitro benzene ring substituents is 1. The molecule has 0 spiro atoms. The molecule has 7 nitrogen and oxygen atoms in total. The molecule has 1 fully saturated rings. The monoisotopic (exact) mass is 395 g/mol. The minimum absolute atomic E-state index is 0.0969. The van der Waals surface area contributed by atoms with Gasteiger partial charge in [-0.25, -0.2) is 0 Å². The van der Waals surface area contributed by atoms with Gasteiger partial charge in [0, 0.05) is 23.7 Å². The zero-order chi connectivity index (χ0) is 20.8. The van der Waals surface area contributed by atoms with Gasteiger partial charge in [-0.05, 0) is 50.2 Å². The van der Waals surface area contributed by atoms with E-state index in [0.29, 0.717) is 5.92 Å². The van der Waals surface area contributed by atoms with Gasteiger partial charge in [-0.3, -0.25) is 19.7 Å². The van der Waals surface area contributed by atoms with Crippen LogP contribution >= 0.6 is 0 Å². The maximum absolute atomic E-state index is 12.5. The minimum atomic E-state index is -0.728. The number of nitro groups is 1. The molecule has 0 aromatic heterocycles. The number of nitro benzene ring substituents is 1. The summed E-state index contributed by atoms with van der Waals surface area (Å²) in [6, 6.07) is 15.2. The van der Waals surface area contributed by atoms with Gasteiger partial charge < -0.3 is 10.6 Å². The number of hydrogen-bond acceptors (Lipinski definition) is 4. The van der Waals surface area contributed by atoms with E-state index < -0.39 is 16.9 Å². The second-order valence-corrected chi connectivity index (χ2v) is 7.47. The third kappa shape index (κ3) is 5.40. The summed E-state index contributed by atoms with van der Waals surface area (Å²) >= 11 is 0. The molecule has 7 heteroatoms. The summed E-state index contributed by atoms with van der Waals surface area (Å²) in [7, 11) is 0. The van der Waals surface area contributed by atoms with Crippen LogP contribution in [0.2, 0.25) is 0 Å². The van der Waals surface area contributed by atoms with Gasteiger partial charge in [0.1, 0.15) is 6.04 Å². The molecule has 2 N–H and O–H groups in total. The highest BCUT2D eigenvalue weighted by atomic mass is 16.6. The maximum Gasteiger partial charge on any atom is 0.270 e. The Kier molecular flexibility index (Phi) is 6.59. The molecule has 152 valence electrons. The Morgan fingerprint density at radius 1 is 1.03 bits per heavy atom. The van der Waals surface area contributed by atoms with Crippen molar-refractivity contribution < 1.29 is 14.5 Å². The largest absolute Gasteiger partial charge is 0.352 e. The molecule has 0 aliphatic heterocycles. The van der Waals surface area contributed by atoms with Crippen LogP contribution in [0.1, 0.15) is 54.4 Å². The highest BCUT2D eigenvalue weighted by Crippen LogP contribution is 2.32. The molecule has 0 radical (unpaired) electrons. The minimum Gasteiger partial charge on any atom is -0.352 e. The van der Waals surface area contributed by atoms with Crippen molar-refractivity contribution in [2.24, 2.45) is 0 Å². The number of nitrogens with one attached hydrogen (secondary N) is 2. The Morgan fingerprint density at radius 3 is 2.38 bits per heavy atom. The van der Waals surface area contributed by atoms with Gasteiger partial charge in [-0.1, -0.05) is 36.4 Å². The third-order valence-electron chi connectivity index (χ3n) is 5.40. The van der Waals surface area contributed by atoms with Crippen LogP contribution in [-0.2, 0) is 4.79 Å². The highest BCUT2D eigenvalue weighted by molar-refractivity contribution is 5.97. The van der Waals surface area contributed by atoms with Crippen LogP contribution in [0.3, 0.4) is 0 Å². The first-order valence-corrected chi connectivity index (χ1v) is 9.84. The molecule has 0 bridgehead atoms. The fraction of sp³-hybridized carbons (Fsp3) is 0.364. The SMILES string of the molecule is C[C@@H](NC(=O)c1cccc([N+](=O)[O-])c1)C(=O)NC1CCC(c2ccccc2)CC1. The van der Waals surface area contributed by atoms with Crippen LogP contribution in [0.4, 0.5) is 5.69 Å². The molecular weight excluding hydrogens is 370 g/mol. The summed E-state index contributed by atoms with van der Waals surface area (Å²) < 4.78 is 0. The quantitative estimate of drug-likeness (QED) is 0.577. The first kappa shape index (κ1) is 20.5. The normalized spacial score (nSPS) is 19.8. The molecule has 1 atom stereocenters. The topological polar surface area (TPSA) is 101 Å². The lowest BCUT2D eigenvalue weighted by Gasteiger charge is -2.30. The fourth-order valence-corrected chi connectivity index (χ4v) is 3.73. The second-order valence-electron chi connectivity index (χ2n) is 7.47. The van der Waals surface area contributed by atoms with E-state index in [4.69, 9.17) is 0 Å². The first-order valence-electron chi connectivity index (χ1n) is 9.84. The van der Waals surface area contributed by atoms with E-state index in [0.717, 1.165) is 25.7 Å². The standard InChI is InChI=1S/C22H25N3O4/c1-15(23-22(27)18-8-5-9-20(14-18)25(28)29)21(26)24-19-12-10-17(11-13-19)16-6-3-2-4-7-16/h2-9,14-15,17,19H,10-13H2,1H3,(H,23,27)(H,24,26)/t15-,17?,19?/m1/s1. The molecule has 0 unspecified atom stereocenters. The van der Waals surface area contributed by atoms with E-state index in [1.54, 1.807) is 6.92 Å². The van der Waals surface area contributed by atoms with Gasteiger partial charge in [0.2, 0.25) is 5.91 Å². The molecular formula is C22H25N3O4. The van der Waals surface area contributed by atoms with Crippen molar-refractivity contribution in [2.45, 2.75) is 50.6 Å². The summed E-state index contributed by atoms with van der Waals surface area (Å²) in [6.45, 7) is 1.61. The van der Waals surface area contributed by atoms with Gasteiger partial charge in [-0.2, -0.15) is 0 Å². The molecule has 1 aliphatic rings. The van der Waals surface area contributed by atoms with E-state index in [1.165, 1.54) is 29.8 Å². The van der Waals surface area contributed by atoms with Crippen molar-refractivity contribution in [3.63, 3.8) is 0 Å². The summed E-state index contributed by atoms with van der Waals surface area (Å²) in [5.74, 6) is -0.230. The van der Waals surface area contributed by atoms with Crippen LogP contribution in [-0.4, -0.2) is 28.8 Å². The Bertz CT molecular complexity index is 877. The van der Waals surface area contributed by atoms with Crippen molar-refractivity contribution in [1.29, 1.82) is 0 Å². The number of carbonyl (C=O) groups excluding carboxylic acids is 2. The average molecular weight is 395 g/mol. The summed E-state index contributed by atoms with van der Waals surface area (Å²) in [4.78, 5) is 35.1. The van der Waals surface area contributed by atoms with E-state index >= 15 is 0 Å². The van der Waals surface area contributed by atoms with Crippen LogP contribution in [0.15, 0.2) is 54.6 Å². The maximum atomic E-state index is 12.5. The van der Waals surface area contributed by atoms with E-state index in [-0.39, 0.29) is 23.2 Å². The van der Waals surface area contributed by atoms with Crippen molar-refractivity contribution in [3.05, 3.63) is 75.8 Å². The van der Waals surface area contributed by atoms with Crippen molar-refractivity contribution in [3.8, 4) is 0 Å². The molecule has 0 heterocycles. The summed E-state index contributed by atoms with van der Waals surface area (Å²) in [5.41, 5.74) is 1.34. The predicted octanol–water partition coefficient (Wildman–Crippen LogP) is 3.56. The molecule has 1 saturated carbocycles. The molecule has 29 heavy (non-hydrogen) atoms. The molecule has 2 amide bonds. The summed E-state index contributed by atoms with van der Waals surface area (Å²) in [6.07, 6.45) is 3.83. The molecule has 3 rings (SSSR count). The zero-order valence-electron chi connectivity index (χ0n) is 16.3. The van der Waals surface area contributed by atoms with Crippen molar-refractivity contribution in [2.75, 3.05) is 0 Å². The number of benzene rings is 2. The van der Waals surface area contributed by atoms with Crippen molar-refractivity contribution >= 4 is 17.5 Å². The number of amides is 2. The van der Waals surface area contributed by atoms with Crippen molar-refractivity contribution in [1.82, 2.24) is 10.6 Å². The first-order chi connectivity index (χ1) is 13.9. The Balaban J connectivity index is 1.49. The van der Waals surface area contributed by atoms with E-state index in [9.17, 15) is 19.7 Å². The second kappa shape index (κ2) is 9.32. The van der Waals surface area contributed by atoms with Crippen LogP contribution in [0.5, 0.6) is 0 Å². The molecule has 2 aromatic carbocycles. The summed E-state index contributed by atoms with van der Waals surface area (Å²) in [5, 5.41) is 16.5. The highest BCUT2D eigenvalue weighted by Gasteiger charge is 2.25. The van der Waals surface area contributed by atoms with Gasteiger partial charge in [-0.15, -0.1) is 0 Å². The van der Waals surface area contributed by atoms with Gasteiger partial charge in [0.15, 0.2) is 0 Å². The van der Waals surface area contributed by atoms with Crippen LogP contribution in [0, 0.1) is 10.1 Å². The number of nitrogens with zero attached hydrogens (tertiary/aromatic N) is 1. The van der Waals surface area contributed by atoms with E-state index in [2.05, 4.69) is 34.9 Å². The fourth-order valence-electron chi connectivity index (χ4n) is 3.73. The predicted molar refractivity (Wildman–Crippen MR) is 110 cm³/mol. The van der Waals surface area contributed by atoms with E-state index in [1.807, 2.05) is 6.07 Å². The lowest BCUT2D eigenvalue weighted by Crippen LogP contribution is -2.48. The number of rotatable bonds is 6. The van der Waals surface area contributed by atoms with Gasteiger partial charge >= 0.3 is 0 Å². The zero-order valence-corrected chi connectivity index (χ0v) is 16.3. The van der Waals surface area contributed by atoms with Crippen LogP contribution < -0.4 is 10.6 Å². The molecule has 2 aromatic rings. The number of hydrogen-bond donors (Lipinski definition) is 2.